The van der Waals surface area contributed by atoms with Gasteiger partial charge >= 0.3 is 0 Å². The molecule has 0 bridgehead atoms. The predicted octanol–water partition coefficient (Wildman–Crippen LogP) is 4.34. The smallest absolute Gasteiger partial charge is 0.224 e. The maximum absolute atomic E-state index is 11.7. The van der Waals surface area contributed by atoms with Crippen molar-refractivity contribution in [2.75, 3.05) is 10.6 Å². The minimum absolute atomic E-state index is 0.0500. The fourth-order valence-corrected chi connectivity index (χ4v) is 1.97. The fraction of sp³-hybridized carbons (Fsp3) is 0.294. The highest BCUT2D eigenvalue weighted by Crippen LogP contribution is 2.15. The van der Waals surface area contributed by atoms with E-state index in [1.54, 1.807) is 6.20 Å². The Bertz CT molecular complexity index is 552. The van der Waals surface area contributed by atoms with E-state index in [1.165, 1.54) is 0 Å². The highest BCUT2D eigenvalue weighted by Gasteiger charge is 2.02. The Balaban J connectivity index is 1.85. The zero-order chi connectivity index (χ0) is 14.9. The summed E-state index contributed by atoms with van der Waals surface area (Å²) in [6, 6.07) is 13.6. The van der Waals surface area contributed by atoms with E-state index in [9.17, 15) is 4.79 Å². The lowest BCUT2D eigenvalue weighted by molar-refractivity contribution is -0.116. The number of amides is 1. The molecule has 110 valence electrons. The second-order valence-electron chi connectivity index (χ2n) is 4.93. The Kier molecular flexibility index (Phi) is 5.76. The largest absolute Gasteiger partial charge is 0.340 e. The van der Waals surface area contributed by atoms with E-state index >= 15 is 0 Å². The zero-order valence-electron chi connectivity index (χ0n) is 12.3. The fourth-order valence-electron chi connectivity index (χ4n) is 1.97. The van der Waals surface area contributed by atoms with Crippen LogP contribution in [0.5, 0.6) is 0 Å². The lowest BCUT2D eigenvalue weighted by atomic mass is 10.2. The lowest BCUT2D eigenvalue weighted by Crippen LogP contribution is -2.11. The minimum atomic E-state index is 0.0500. The molecule has 0 fully saturated rings. The molecule has 1 heterocycles. The first kappa shape index (κ1) is 15.0. The van der Waals surface area contributed by atoms with Crippen LogP contribution in [0.1, 0.15) is 32.6 Å². The summed E-state index contributed by atoms with van der Waals surface area (Å²) in [6.45, 7) is 2.13. The number of unbranched alkanes of at least 4 members (excludes halogenated alkanes) is 2. The Morgan fingerprint density at radius 2 is 1.86 bits per heavy atom. The molecule has 0 saturated heterocycles. The normalized spacial score (nSPS) is 10.1. The third-order valence-electron chi connectivity index (χ3n) is 3.10. The molecule has 1 aromatic carbocycles. The van der Waals surface area contributed by atoms with Gasteiger partial charge in [-0.1, -0.05) is 38.0 Å². The number of pyridine rings is 1. The number of para-hydroxylation sites is 1. The SMILES string of the molecule is CCCCCC(=O)Nc1ccc(Nc2ccccc2)nc1. The van der Waals surface area contributed by atoms with E-state index in [-0.39, 0.29) is 5.91 Å². The molecule has 0 unspecified atom stereocenters. The number of hydrogen-bond acceptors (Lipinski definition) is 3. The van der Waals surface area contributed by atoms with Crippen LogP contribution in [0.25, 0.3) is 0 Å². The molecule has 1 aromatic heterocycles. The van der Waals surface area contributed by atoms with Crippen LogP contribution in [-0.2, 0) is 4.79 Å². The zero-order valence-corrected chi connectivity index (χ0v) is 12.3. The van der Waals surface area contributed by atoms with Gasteiger partial charge in [0.2, 0.25) is 5.91 Å². The first-order valence-corrected chi connectivity index (χ1v) is 7.36. The van der Waals surface area contributed by atoms with E-state index in [0.29, 0.717) is 6.42 Å². The Morgan fingerprint density at radius 3 is 2.52 bits per heavy atom. The van der Waals surface area contributed by atoms with Crippen LogP contribution in [-0.4, -0.2) is 10.9 Å². The predicted molar refractivity (Wildman–Crippen MR) is 86.7 cm³/mol. The summed E-state index contributed by atoms with van der Waals surface area (Å²) >= 11 is 0. The second kappa shape index (κ2) is 8.04. The van der Waals surface area contributed by atoms with E-state index in [2.05, 4.69) is 22.5 Å². The molecule has 0 aliphatic carbocycles. The number of nitrogens with zero attached hydrogens (tertiary/aromatic N) is 1. The molecule has 4 nitrogen and oxygen atoms in total. The lowest BCUT2D eigenvalue weighted by Gasteiger charge is -2.07. The van der Waals surface area contributed by atoms with Gasteiger partial charge in [0.1, 0.15) is 5.82 Å². The van der Waals surface area contributed by atoms with Crippen molar-refractivity contribution in [2.24, 2.45) is 0 Å². The van der Waals surface area contributed by atoms with Crippen LogP contribution < -0.4 is 10.6 Å². The molecular weight excluding hydrogens is 262 g/mol. The van der Waals surface area contributed by atoms with E-state index < -0.39 is 0 Å². The Hall–Kier alpha value is -2.36. The first-order valence-electron chi connectivity index (χ1n) is 7.36. The molecule has 2 aromatic rings. The number of rotatable bonds is 7. The first-order chi connectivity index (χ1) is 10.3. The van der Waals surface area contributed by atoms with Gasteiger partial charge in [-0.15, -0.1) is 0 Å². The summed E-state index contributed by atoms with van der Waals surface area (Å²) < 4.78 is 0. The van der Waals surface area contributed by atoms with Crippen LogP contribution in [0.2, 0.25) is 0 Å². The van der Waals surface area contributed by atoms with Gasteiger partial charge in [-0.25, -0.2) is 4.98 Å². The second-order valence-corrected chi connectivity index (χ2v) is 4.93. The molecular formula is C17H21N3O. The number of carbonyl (C=O) groups excluding carboxylic acids is 1. The highest BCUT2D eigenvalue weighted by atomic mass is 16.1. The molecule has 1 amide bonds. The van der Waals surface area contributed by atoms with Crippen molar-refractivity contribution in [3.63, 3.8) is 0 Å². The van der Waals surface area contributed by atoms with Crippen molar-refractivity contribution in [1.29, 1.82) is 0 Å². The van der Waals surface area contributed by atoms with Crippen molar-refractivity contribution < 1.29 is 4.79 Å². The third-order valence-corrected chi connectivity index (χ3v) is 3.10. The minimum Gasteiger partial charge on any atom is -0.340 e. The van der Waals surface area contributed by atoms with Crippen LogP contribution in [0.15, 0.2) is 48.7 Å². The summed E-state index contributed by atoms with van der Waals surface area (Å²) in [4.78, 5) is 16.0. The number of aromatic nitrogens is 1. The highest BCUT2D eigenvalue weighted by molar-refractivity contribution is 5.90. The number of anilines is 3. The summed E-state index contributed by atoms with van der Waals surface area (Å²) in [5, 5.41) is 6.07. The standard InChI is InChI=1S/C17H21N3O/c1-2-3-5-10-17(21)20-15-11-12-16(18-13-15)19-14-8-6-4-7-9-14/h4,6-9,11-13H,2-3,5,10H2,1H3,(H,18,19)(H,20,21). The van der Waals surface area contributed by atoms with E-state index in [1.807, 2.05) is 42.5 Å². The summed E-state index contributed by atoms with van der Waals surface area (Å²) in [7, 11) is 0. The van der Waals surface area contributed by atoms with Crippen molar-refractivity contribution in [1.82, 2.24) is 4.98 Å². The van der Waals surface area contributed by atoms with Crippen molar-refractivity contribution in [3.8, 4) is 0 Å². The molecule has 0 spiro atoms. The topological polar surface area (TPSA) is 54.0 Å². The monoisotopic (exact) mass is 283 g/mol. The number of hydrogen-bond donors (Lipinski definition) is 2. The van der Waals surface area contributed by atoms with E-state index in [4.69, 9.17) is 0 Å². The van der Waals surface area contributed by atoms with E-state index in [0.717, 1.165) is 36.5 Å². The maximum Gasteiger partial charge on any atom is 0.224 e. The summed E-state index contributed by atoms with van der Waals surface area (Å²) in [5.74, 6) is 0.805. The van der Waals surface area contributed by atoms with Crippen LogP contribution in [0, 0.1) is 0 Å². The number of carbonyl (C=O) groups is 1. The van der Waals surface area contributed by atoms with Crippen molar-refractivity contribution in [3.05, 3.63) is 48.7 Å². The molecule has 0 aliphatic heterocycles. The Morgan fingerprint density at radius 1 is 1.05 bits per heavy atom. The van der Waals surface area contributed by atoms with Gasteiger partial charge in [-0.3, -0.25) is 4.79 Å². The van der Waals surface area contributed by atoms with Crippen LogP contribution >= 0.6 is 0 Å². The Labute approximate surface area is 125 Å². The average molecular weight is 283 g/mol. The van der Waals surface area contributed by atoms with Gasteiger partial charge in [-0.2, -0.15) is 0 Å². The van der Waals surface area contributed by atoms with Gasteiger partial charge in [0, 0.05) is 12.1 Å². The van der Waals surface area contributed by atoms with Gasteiger partial charge in [-0.05, 0) is 30.7 Å². The molecule has 21 heavy (non-hydrogen) atoms. The molecule has 0 saturated carbocycles. The molecule has 2 N–H and O–H groups in total. The average Bonchev–Trinajstić information content (AvgIpc) is 2.51. The van der Waals surface area contributed by atoms with Gasteiger partial charge in [0.05, 0.1) is 11.9 Å². The molecule has 2 rings (SSSR count). The number of benzene rings is 1. The summed E-state index contributed by atoms with van der Waals surface area (Å²) in [5.41, 5.74) is 1.72. The third kappa shape index (κ3) is 5.26. The molecule has 0 aliphatic rings. The summed E-state index contributed by atoms with van der Waals surface area (Å²) in [6.07, 6.45) is 5.38. The number of nitrogens with one attached hydrogen (secondary N) is 2. The van der Waals surface area contributed by atoms with Gasteiger partial charge in [0.15, 0.2) is 0 Å². The quantitative estimate of drug-likeness (QED) is 0.743. The molecule has 4 heteroatoms. The maximum atomic E-state index is 11.7. The molecule has 0 atom stereocenters. The van der Waals surface area contributed by atoms with Gasteiger partial charge < -0.3 is 10.6 Å². The van der Waals surface area contributed by atoms with Crippen molar-refractivity contribution in [2.45, 2.75) is 32.6 Å². The van der Waals surface area contributed by atoms with Crippen LogP contribution in [0.3, 0.4) is 0 Å². The van der Waals surface area contributed by atoms with Crippen molar-refractivity contribution >= 4 is 23.1 Å². The van der Waals surface area contributed by atoms with Gasteiger partial charge in [0.25, 0.3) is 0 Å². The molecule has 0 radical (unpaired) electrons. The van der Waals surface area contributed by atoms with Crippen LogP contribution in [0.4, 0.5) is 17.2 Å².